The van der Waals surface area contributed by atoms with Gasteiger partial charge in [0.2, 0.25) is 5.91 Å². The maximum atomic E-state index is 12.4. The molecule has 0 aliphatic heterocycles. The van der Waals surface area contributed by atoms with Gasteiger partial charge in [0.05, 0.1) is 12.6 Å². The van der Waals surface area contributed by atoms with E-state index in [2.05, 4.69) is 5.32 Å². The van der Waals surface area contributed by atoms with Gasteiger partial charge in [0.1, 0.15) is 5.75 Å². The first kappa shape index (κ1) is 17.1. The van der Waals surface area contributed by atoms with Crippen molar-refractivity contribution < 1.29 is 9.53 Å². The van der Waals surface area contributed by atoms with Gasteiger partial charge < -0.3 is 15.0 Å². The van der Waals surface area contributed by atoms with Crippen LogP contribution in [0, 0.1) is 0 Å². The van der Waals surface area contributed by atoms with Gasteiger partial charge in [-0.3, -0.25) is 4.79 Å². The van der Waals surface area contributed by atoms with E-state index in [0.717, 1.165) is 35.4 Å². The average molecular weight is 336 g/mol. The number of carbonyl (C=O) groups is 1. The molecule has 0 spiro atoms. The van der Waals surface area contributed by atoms with E-state index in [0.29, 0.717) is 0 Å². The Balaban J connectivity index is 1.68. The van der Waals surface area contributed by atoms with E-state index in [4.69, 9.17) is 4.74 Å². The lowest BCUT2D eigenvalue weighted by Gasteiger charge is -2.19. The molecule has 3 rings (SSSR count). The zero-order valence-corrected chi connectivity index (χ0v) is 15.0. The number of methoxy groups -OCH3 is 1. The highest BCUT2D eigenvalue weighted by atomic mass is 16.5. The molecule has 1 saturated carbocycles. The zero-order chi connectivity index (χ0) is 17.9. The summed E-state index contributed by atoms with van der Waals surface area (Å²) in [6, 6.07) is 16.0. The van der Waals surface area contributed by atoms with Crippen molar-refractivity contribution in [1.82, 2.24) is 5.32 Å². The van der Waals surface area contributed by atoms with Crippen molar-refractivity contribution in [2.24, 2.45) is 0 Å². The van der Waals surface area contributed by atoms with Crippen molar-refractivity contribution in [2.45, 2.75) is 18.4 Å². The number of nitrogens with zero attached hydrogens (tertiary/aromatic N) is 1. The molecule has 0 aromatic heterocycles. The Labute approximate surface area is 149 Å². The number of carbonyl (C=O) groups excluding carboxylic acids is 1. The summed E-state index contributed by atoms with van der Waals surface area (Å²) in [7, 11) is 5.67. The number of hydrogen-bond donors (Lipinski definition) is 1. The Bertz CT molecular complexity index is 775. The molecule has 1 N–H and O–H groups in total. The van der Waals surface area contributed by atoms with Crippen LogP contribution in [-0.2, 0) is 10.3 Å². The molecule has 130 valence electrons. The third kappa shape index (κ3) is 3.85. The zero-order valence-electron chi connectivity index (χ0n) is 15.0. The van der Waals surface area contributed by atoms with E-state index in [9.17, 15) is 4.79 Å². The summed E-state index contributed by atoms with van der Waals surface area (Å²) in [5.74, 6) is 0.739. The molecule has 1 aliphatic rings. The summed E-state index contributed by atoms with van der Waals surface area (Å²) in [4.78, 5) is 14.4. The number of amides is 1. The molecule has 25 heavy (non-hydrogen) atoms. The molecule has 0 unspecified atom stereocenters. The second-order valence-electron chi connectivity index (χ2n) is 6.59. The van der Waals surface area contributed by atoms with Gasteiger partial charge in [0.25, 0.3) is 0 Å². The van der Waals surface area contributed by atoms with E-state index in [1.807, 2.05) is 73.6 Å². The Morgan fingerprint density at radius 1 is 1.12 bits per heavy atom. The number of hydrogen-bond acceptors (Lipinski definition) is 3. The lowest BCUT2D eigenvalue weighted by Crippen LogP contribution is -2.33. The summed E-state index contributed by atoms with van der Waals surface area (Å²) >= 11 is 0. The number of ether oxygens (including phenoxy) is 1. The van der Waals surface area contributed by atoms with Gasteiger partial charge in [-0.2, -0.15) is 0 Å². The standard InChI is InChI=1S/C21H24N2O2/c1-23(2)17-11-8-16(9-12-17)10-13-20(24)22-21(14-15-21)18-6-4-5-7-19(18)25-3/h4-13H,14-15H2,1-3H3,(H,22,24)/b13-10+. The Hall–Kier alpha value is -2.75. The van der Waals surface area contributed by atoms with Crippen LogP contribution >= 0.6 is 0 Å². The summed E-state index contributed by atoms with van der Waals surface area (Å²) in [5, 5.41) is 3.14. The van der Waals surface area contributed by atoms with Gasteiger partial charge >= 0.3 is 0 Å². The van der Waals surface area contributed by atoms with Crippen LogP contribution in [0.5, 0.6) is 5.75 Å². The van der Waals surface area contributed by atoms with Crippen molar-refractivity contribution >= 4 is 17.7 Å². The normalized spacial score (nSPS) is 15.0. The summed E-state index contributed by atoms with van der Waals surface area (Å²) in [6.45, 7) is 0. The van der Waals surface area contributed by atoms with E-state index >= 15 is 0 Å². The molecule has 4 nitrogen and oxygen atoms in total. The van der Waals surface area contributed by atoms with Crippen LogP contribution in [0.15, 0.2) is 54.6 Å². The van der Waals surface area contributed by atoms with Gasteiger partial charge in [0, 0.05) is 31.4 Å². The molecule has 0 radical (unpaired) electrons. The quantitative estimate of drug-likeness (QED) is 0.820. The van der Waals surface area contributed by atoms with Gasteiger partial charge in [-0.25, -0.2) is 0 Å². The Morgan fingerprint density at radius 3 is 2.40 bits per heavy atom. The maximum Gasteiger partial charge on any atom is 0.244 e. The van der Waals surface area contributed by atoms with Crippen LogP contribution in [0.3, 0.4) is 0 Å². The second kappa shape index (κ2) is 7.01. The van der Waals surface area contributed by atoms with Crippen LogP contribution in [-0.4, -0.2) is 27.1 Å². The average Bonchev–Trinajstić information content (AvgIpc) is 3.40. The Morgan fingerprint density at radius 2 is 1.80 bits per heavy atom. The summed E-state index contributed by atoms with van der Waals surface area (Å²) in [6.07, 6.45) is 5.31. The Kier molecular flexibility index (Phi) is 4.79. The number of para-hydroxylation sites is 1. The maximum absolute atomic E-state index is 12.4. The van der Waals surface area contributed by atoms with Gasteiger partial charge in [-0.1, -0.05) is 30.3 Å². The number of nitrogens with one attached hydrogen (secondary N) is 1. The molecule has 4 heteroatoms. The molecule has 0 heterocycles. The van der Waals surface area contributed by atoms with Crippen LogP contribution in [0.4, 0.5) is 5.69 Å². The van der Waals surface area contributed by atoms with E-state index in [-0.39, 0.29) is 11.4 Å². The lowest BCUT2D eigenvalue weighted by molar-refractivity contribution is -0.117. The van der Waals surface area contributed by atoms with Crippen molar-refractivity contribution in [3.63, 3.8) is 0 Å². The minimum atomic E-state index is -0.289. The minimum Gasteiger partial charge on any atom is -0.496 e. The summed E-state index contributed by atoms with van der Waals surface area (Å²) < 4.78 is 5.44. The van der Waals surface area contributed by atoms with E-state index < -0.39 is 0 Å². The first-order valence-electron chi connectivity index (χ1n) is 8.45. The molecule has 2 aromatic rings. The predicted molar refractivity (Wildman–Crippen MR) is 102 cm³/mol. The van der Waals surface area contributed by atoms with Gasteiger partial charge in [-0.15, -0.1) is 0 Å². The highest BCUT2D eigenvalue weighted by molar-refractivity contribution is 5.92. The summed E-state index contributed by atoms with van der Waals surface area (Å²) in [5.41, 5.74) is 2.90. The van der Waals surface area contributed by atoms with Crippen LogP contribution in [0.1, 0.15) is 24.0 Å². The molecule has 0 bridgehead atoms. The van der Waals surface area contributed by atoms with Crippen molar-refractivity contribution in [3.05, 3.63) is 65.7 Å². The van der Waals surface area contributed by atoms with Crippen molar-refractivity contribution in [3.8, 4) is 5.75 Å². The van der Waals surface area contributed by atoms with Crippen LogP contribution in [0.2, 0.25) is 0 Å². The molecule has 1 amide bonds. The number of anilines is 1. The molecule has 1 fully saturated rings. The van der Waals surface area contributed by atoms with E-state index in [1.165, 1.54) is 0 Å². The topological polar surface area (TPSA) is 41.6 Å². The largest absolute Gasteiger partial charge is 0.496 e. The number of benzene rings is 2. The fourth-order valence-corrected chi connectivity index (χ4v) is 2.96. The van der Waals surface area contributed by atoms with Crippen LogP contribution in [0.25, 0.3) is 6.08 Å². The third-order valence-electron chi connectivity index (χ3n) is 4.57. The van der Waals surface area contributed by atoms with Crippen molar-refractivity contribution in [1.29, 1.82) is 0 Å². The van der Waals surface area contributed by atoms with Crippen LogP contribution < -0.4 is 15.0 Å². The first-order valence-corrected chi connectivity index (χ1v) is 8.45. The predicted octanol–water partition coefficient (Wildman–Crippen LogP) is 3.58. The highest BCUT2D eigenvalue weighted by Crippen LogP contribution is 2.48. The number of rotatable bonds is 6. The van der Waals surface area contributed by atoms with E-state index in [1.54, 1.807) is 13.2 Å². The molecular weight excluding hydrogens is 312 g/mol. The lowest BCUT2D eigenvalue weighted by atomic mass is 10.0. The van der Waals surface area contributed by atoms with Gasteiger partial charge in [0.15, 0.2) is 0 Å². The third-order valence-corrected chi connectivity index (χ3v) is 4.57. The van der Waals surface area contributed by atoms with Gasteiger partial charge in [-0.05, 0) is 42.7 Å². The SMILES string of the molecule is COc1ccccc1C1(NC(=O)/C=C/c2ccc(N(C)C)cc2)CC1. The van der Waals surface area contributed by atoms with Crippen molar-refractivity contribution in [2.75, 3.05) is 26.1 Å². The smallest absolute Gasteiger partial charge is 0.244 e. The minimum absolute atomic E-state index is 0.0832. The molecule has 0 atom stereocenters. The molecule has 2 aromatic carbocycles. The first-order chi connectivity index (χ1) is 12.0. The monoisotopic (exact) mass is 336 g/mol. The second-order valence-corrected chi connectivity index (χ2v) is 6.59. The fraction of sp³-hybridized carbons (Fsp3) is 0.286. The molecule has 0 saturated heterocycles. The molecule has 1 aliphatic carbocycles. The highest BCUT2D eigenvalue weighted by Gasteiger charge is 2.47. The fourth-order valence-electron chi connectivity index (χ4n) is 2.96. The molecular formula is C21H24N2O2.